The maximum Gasteiger partial charge on any atom is 0.243 e. The van der Waals surface area contributed by atoms with Crippen molar-refractivity contribution in [3.8, 4) is 5.75 Å². The number of hydrogen-bond acceptors (Lipinski definition) is 8. The standard InChI is InChI=1S/C32H42N2O7S2/c1-24(2)12-17-42(36,37)30-9-5-8-29(19-30)40-23-28(35)21-33-27-20-32(41-22-27)13-15-34(16-14-32)43(38,39)31-11-10-25-6-3-4-7-26(25)18-31/h3-11,18-19,24,27-28,33,35H,12-17,20-23H2,1-2H3/t27?,28-/m0/s1. The molecular weight excluding hydrogens is 588 g/mol. The topological polar surface area (TPSA) is 122 Å². The van der Waals surface area contributed by atoms with Crippen molar-refractivity contribution in [3.63, 3.8) is 0 Å². The summed E-state index contributed by atoms with van der Waals surface area (Å²) in [7, 11) is -6.99. The Morgan fingerprint density at radius 1 is 0.977 bits per heavy atom. The SMILES string of the molecule is CC(C)CCS(=O)(=O)c1cccc(OC[C@@H](O)CNC2COC3(CCN(S(=O)(=O)c4ccc5ccccc5c4)CC3)C2)c1. The quantitative estimate of drug-likeness (QED) is 0.308. The summed E-state index contributed by atoms with van der Waals surface area (Å²) < 4.78 is 65.4. The van der Waals surface area contributed by atoms with Crippen LogP contribution >= 0.6 is 0 Å². The van der Waals surface area contributed by atoms with Crippen molar-refractivity contribution in [1.82, 2.24) is 9.62 Å². The van der Waals surface area contributed by atoms with E-state index in [1.54, 1.807) is 34.6 Å². The molecule has 3 aromatic rings. The summed E-state index contributed by atoms with van der Waals surface area (Å²) in [6.07, 6.45) is 1.75. The summed E-state index contributed by atoms with van der Waals surface area (Å²) in [6.45, 7) is 5.56. The Kier molecular flexibility index (Phi) is 9.79. The number of nitrogens with one attached hydrogen (secondary N) is 1. The predicted molar refractivity (Wildman–Crippen MR) is 166 cm³/mol. The van der Waals surface area contributed by atoms with Gasteiger partial charge in [-0.1, -0.05) is 50.2 Å². The Morgan fingerprint density at radius 2 is 1.72 bits per heavy atom. The van der Waals surface area contributed by atoms with Crippen molar-refractivity contribution in [2.45, 2.75) is 67.1 Å². The Labute approximate surface area is 255 Å². The number of nitrogens with zero attached hydrogens (tertiary/aromatic N) is 1. The Balaban J connectivity index is 1.07. The molecule has 2 saturated heterocycles. The van der Waals surface area contributed by atoms with E-state index in [1.165, 1.54) is 6.07 Å². The first-order valence-corrected chi connectivity index (χ1v) is 18.1. The van der Waals surface area contributed by atoms with Gasteiger partial charge in [0, 0.05) is 25.7 Å². The summed E-state index contributed by atoms with van der Waals surface area (Å²) in [5, 5.41) is 15.8. The molecule has 0 saturated carbocycles. The van der Waals surface area contributed by atoms with Gasteiger partial charge in [-0.2, -0.15) is 4.31 Å². The summed E-state index contributed by atoms with van der Waals surface area (Å²) in [6, 6.07) is 19.4. The number of piperidine rings is 1. The molecule has 0 amide bonds. The third-order valence-electron chi connectivity index (χ3n) is 8.41. The van der Waals surface area contributed by atoms with E-state index < -0.39 is 26.0 Å². The van der Waals surface area contributed by atoms with E-state index in [4.69, 9.17) is 9.47 Å². The molecule has 9 nitrogen and oxygen atoms in total. The molecule has 2 heterocycles. The molecule has 1 spiro atoms. The highest BCUT2D eigenvalue weighted by Gasteiger charge is 2.44. The van der Waals surface area contributed by atoms with Crippen molar-refractivity contribution < 1.29 is 31.4 Å². The Bertz CT molecular complexity index is 1620. The lowest BCUT2D eigenvalue weighted by atomic mass is 9.88. The molecule has 234 valence electrons. The van der Waals surface area contributed by atoms with Crippen molar-refractivity contribution in [2.75, 3.05) is 38.6 Å². The van der Waals surface area contributed by atoms with E-state index in [9.17, 15) is 21.9 Å². The second-order valence-electron chi connectivity index (χ2n) is 12.2. The first-order valence-electron chi connectivity index (χ1n) is 15.0. The van der Waals surface area contributed by atoms with Gasteiger partial charge in [0.2, 0.25) is 10.0 Å². The van der Waals surface area contributed by atoms with Gasteiger partial charge in [0.25, 0.3) is 0 Å². The van der Waals surface area contributed by atoms with Crippen LogP contribution < -0.4 is 10.1 Å². The lowest BCUT2D eigenvalue weighted by molar-refractivity contribution is -0.0312. The zero-order valence-electron chi connectivity index (χ0n) is 24.8. The first-order chi connectivity index (χ1) is 20.5. The molecule has 1 unspecified atom stereocenters. The molecule has 2 aliphatic heterocycles. The van der Waals surface area contributed by atoms with Gasteiger partial charge in [0.1, 0.15) is 18.5 Å². The number of sulfone groups is 1. The molecule has 0 aliphatic carbocycles. The summed E-state index contributed by atoms with van der Waals surface area (Å²) in [4.78, 5) is 0.535. The molecule has 2 fully saturated rings. The summed E-state index contributed by atoms with van der Waals surface area (Å²) >= 11 is 0. The van der Waals surface area contributed by atoms with E-state index in [0.29, 0.717) is 62.1 Å². The van der Waals surface area contributed by atoms with Crippen LogP contribution in [0.5, 0.6) is 5.75 Å². The van der Waals surface area contributed by atoms with E-state index in [0.717, 1.165) is 17.2 Å². The molecule has 2 N–H and O–H groups in total. The highest BCUT2D eigenvalue weighted by molar-refractivity contribution is 7.91. The molecule has 11 heteroatoms. The van der Waals surface area contributed by atoms with E-state index >= 15 is 0 Å². The number of benzene rings is 3. The molecule has 0 aromatic heterocycles. The largest absolute Gasteiger partial charge is 0.491 e. The second kappa shape index (κ2) is 13.2. The average molecular weight is 631 g/mol. The second-order valence-corrected chi connectivity index (χ2v) is 16.2. The average Bonchev–Trinajstić information content (AvgIpc) is 3.40. The van der Waals surface area contributed by atoms with Crippen molar-refractivity contribution in [3.05, 3.63) is 66.7 Å². The monoisotopic (exact) mass is 630 g/mol. The van der Waals surface area contributed by atoms with Crippen LogP contribution in [0, 0.1) is 5.92 Å². The maximum atomic E-state index is 13.4. The Hall–Kier alpha value is -2.54. The van der Waals surface area contributed by atoms with Crippen LogP contribution in [0.25, 0.3) is 10.8 Å². The van der Waals surface area contributed by atoms with Crippen molar-refractivity contribution >= 4 is 30.6 Å². The third-order valence-corrected chi connectivity index (χ3v) is 12.1. The molecule has 2 atom stereocenters. The predicted octanol–water partition coefficient (Wildman–Crippen LogP) is 4.00. The van der Waals surface area contributed by atoms with Gasteiger partial charge in [-0.05, 0) is 72.7 Å². The van der Waals surface area contributed by atoms with E-state index in [1.807, 2.05) is 44.2 Å². The van der Waals surface area contributed by atoms with Crippen LogP contribution in [-0.2, 0) is 24.6 Å². The van der Waals surface area contributed by atoms with E-state index in [2.05, 4.69) is 5.32 Å². The van der Waals surface area contributed by atoms with Crippen LogP contribution in [0.15, 0.2) is 76.5 Å². The minimum atomic E-state index is -3.60. The number of sulfonamides is 1. The van der Waals surface area contributed by atoms with Crippen LogP contribution in [0.2, 0.25) is 0 Å². The zero-order valence-corrected chi connectivity index (χ0v) is 26.4. The van der Waals surface area contributed by atoms with Crippen molar-refractivity contribution in [1.29, 1.82) is 0 Å². The minimum Gasteiger partial charge on any atom is -0.491 e. The lowest BCUT2D eigenvalue weighted by Crippen LogP contribution is -2.47. The number of hydrogen-bond donors (Lipinski definition) is 2. The van der Waals surface area contributed by atoms with Crippen LogP contribution in [-0.4, -0.2) is 82.6 Å². The van der Waals surface area contributed by atoms with E-state index in [-0.39, 0.29) is 28.9 Å². The molecule has 0 bridgehead atoms. The molecule has 2 aliphatic rings. The lowest BCUT2D eigenvalue weighted by Gasteiger charge is -2.38. The fourth-order valence-corrected chi connectivity index (χ4v) is 8.83. The fourth-order valence-electron chi connectivity index (χ4n) is 5.76. The van der Waals surface area contributed by atoms with Crippen molar-refractivity contribution in [2.24, 2.45) is 5.92 Å². The highest BCUT2D eigenvalue weighted by atomic mass is 32.2. The highest BCUT2D eigenvalue weighted by Crippen LogP contribution is 2.37. The third kappa shape index (κ3) is 7.76. The zero-order chi connectivity index (χ0) is 30.7. The molecular formula is C32H42N2O7S2. The van der Waals surface area contributed by atoms with Gasteiger partial charge in [-0.25, -0.2) is 16.8 Å². The van der Waals surface area contributed by atoms with Crippen LogP contribution in [0.3, 0.4) is 0 Å². The van der Waals surface area contributed by atoms with Gasteiger partial charge in [-0.3, -0.25) is 0 Å². The fraction of sp³-hybridized carbons (Fsp3) is 0.500. The maximum absolute atomic E-state index is 13.4. The molecule has 3 aromatic carbocycles. The summed E-state index contributed by atoms with van der Waals surface area (Å²) in [5.41, 5.74) is -0.379. The van der Waals surface area contributed by atoms with Crippen LogP contribution in [0.4, 0.5) is 0 Å². The summed E-state index contributed by atoms with van der Waals surface area (Å²) in [5.74, 6) is 0.782. The minimum absolute atomic E-state index is 0.0167. The van der Waals surface area contributed by atoms with Crippen LogP contribution in [0.1, 0.15) is 39.5 Å². The van der Waals surface area contributed by atoms with Gasteiger partial charge < -0.3 is 19.9 Å². The number of aliphatic hydroxyl groups is 1. The number of ether oxygens (including phenoxy) is 2. The number of aliphatic hydroxyl groups excluding tert-OH is 1. The molecule has 0 radical (unpaired) electrons. The number of fused-ring (bicyclic) bond motifs is 1. The number of rotatable bonds is 12. The normalized spacial score (nSPS) is 20.1. The molecule has 43 heavy (non-hydrogen) atoms. The van der Waals surface area contributed by atoms with Gasteiger partial charge in [0.05, 0.1) is 27.8 Å². The first kappa shape index (κ1) is 31.9. The van der Waals surface area contributed by atoms with Gasteiger partial charge >= 0.3 is 0 Å². The molecule has 5 rings (SSSR count). The van der Waals surface area contributed by atoms with Gasteiger partial charge in [-0.15, -0.1) is 0 Å². The smallest absolute Gasteiger partial charge is 0.243 e. The van der Waals surface area contributed by atoms with Gasteiger partial charge in [0.15, 0.2) is 9.84 Å². The Morgan fingerprint density at radius 3 is 2.47 bits per heavy atom.